The maximum absolute atomic E-state index is 12.8. The van der Waals surface area contributed by atoms with Crippen LogP contribution < -0.4 is 4.90 Å². The fraction of sp³-hybridized carbons (Fsp3) is 0.333. The van der Waals surface area contributed by atoms with Gasteiger partial charge in [0, 0.05) is 31.9 Å². The van der Waals surface area contributed by atoms with E-state index in [9.17, 15) is 8.42 Å². The van der Waals surface area contributed by atoms with Crippen molar-refractivity contribution >= 4 is 38.9 Å². The molecule has 1 saturated heterocycles. The monoisotopic (exact) mass is 398 g/mol. The Kier molecular flexibility index (Phi) is 5.30. The third-order valence-corrected chi connectivity index (χ3v) is 7.11. The molecule has 1 aliphatic rings. The van der Waals surface area contributed by atoms with Crippen molar-refractivity contribution in [2.75, 3.05) is 31.1 Å². The van der Waals surface area contributed by atoms with Crippen molar-refractivity contribution in [2.24, 2.45) is 0 Å². The second-order valence-electron chi connectivity index (χ2n) is 6.26. The van der Waals surface area contributed by atoms with Gasteiger partial charge >= 0.3 is 0 Å². The second kappa shape index (κ2) is 7.16. The quantitative estimate of drug-likeness (QED) is 0.780. The minimum Gasteiger partial charge on any atom is -0.369 e. The highest BCUT2D eigenvalue weighted by Crippen LogP contribution is 2.28. The number of sulfonamides is 1. The Morgan fingerprint density at radius 2 is 1.56 bits per heavy atom. The first kappa shape index (κ1) is 18.5. The van der Waals surface area contributed by atoms with E-state index in [1.165, 1.54) is 39.3 Å². The third kappa shape index (κ3) is 3.80. The SMILES string of the molecule is Cc1ccc(C)c(N2CCN(S(=O)(=O)c3ccc(Cl)c(Cl)c3)CC2)c1. The molecule has 0 aliphatic carbocycles. The van der Waals surface area contributed by atoms with E-state index in [0.717, 1.165) is 0 Å². The van der Waals surface area contributed by atoms with Crippen molar-refractivity contribution in [1.29, 1.82) is 0 Å². The van der Waals surface area contributed by atoms with Crippen LogP contribution in [0.15, 0.2) is 41.3 Å². The Hall–Kier alpha value is -1.27. The van der Waals surface area contributed by atoms with Gasteiger partial charge in [-0.05, 0) is 49.2 Å². The smallest absolute Gasteiger partial charge is 0.243 e. The maximum atomic E-state index is 12.8. The van der Waals surface area contributed by atoms with E-state index < -0.39 is 10.0 Å². The fourth-order valence-corrected chi connectivity index (χ4v) is 4.83. The van der Waals surface area contributed by atoms with Gasteiger partial charge in [-0.25, -0.2) is 8.42 Å². The van der Waals surface area contributed by atoms with Gasteiger partial charge in [-0.3, -0.25) is 0 Å². The average molecular weight is 399 g/mol. The summed E-state index contributed by atoms with van der Waals surface area (Å²) in [7, 11) is -3.56. The molecule has 1 fully saturated rings. The lowest BCUT2D eigenvalue weighted by Crippen LogP contribution is -2.48. The number of anilines is 1. The van der Waals surface area contributed by atoms with Crippen molar-refractivity contribution in [2.45, 2.75) is 18.7 Å². The van der Waals surface area contributed by atoms with E-state index in [1.807, 2.05) is 0 Å². The van der Waals surface area contributed by atoms with Crippen LogP contribution in [0.3, 0.4) is 0 Å². The average Bonchev–Trinajstić information content (AvgIpc) is 2.59. The number of hydrogen-bond donors (Lipinski definition) is 0. The molecule has 0 bridgehead atoms. The van der Waals surface area contributed by atoms with Crippen LogP contribution in [0.5, 0.6) is 0 Å². The Labute approximate surface area is 159 Å². The molecule has 0 aromatic heterocycles. The van der Waals surface area contributed by atoms with Crippen LogP contribution in [0.4, 0.5) is 5.69 Å². The van der Waals surface area contributed by atoms with Crippen molar-refractivity contribution in [3.05, 3.63) is 57.6 Å². The van der Waals surface area contributed by atoms with Gasteiger partial charge in [0.1, 0.15) is 0 Å². The zero-order valence-corrected chi connectivity index (χ0v) is 16.5. The molecule has 0 saturated carbocycles. The number of aryl methyl sites for hydroxylation is 2. The number of rotatable bonds is 3. The lowest BCUT2D eigenvalue weighted by molar-refractivity contribution is 0.384. The number of benzene rings is 2. The molecule has 2 aromatic carbocycles. The summed E-state index contributed by atoms with van der Waals surface area (Å²) < 4.78 is 27.1. The van der Waals surface area contributed by atoms with Gasteiger partial charge in [0.2, 0.25) is 10.0 Å². The predicted octanol–water partition coefficient (Wildman–Crippen LogP) is 4.12. The van der Waals surface area contributed by atoms with Gasteiger partial charge in [-0.2, -0.15) is 4.31 Å². The minimum absolute atomic E-state index is 0.182. The molecular weight excluding hydrogens is 379 g/mol. The highest BCUT2D eigenvalue weighted by molar-refractivity contribution is 7.89. The van der Waals surface area contributed by atoms with Crippen LogP contribution in [-0.2, 0) is 10.0 Å². The summed E-state index contributed by atoms with van der Waals surface area (Å²) in [5, 5.41) is 0.595. The van der Waals surface area contributed by atoms with Crippen LogP contribution in [0.25, 0.3) is 0 Å². The molecule has 0 atom stereocenters. The molecular formula is C18H20Cl2N2O2S. The largest absolute Gasteiger partial charge is 0.369 e. The van der Waals surface area contributed by atoms with Gasteiger partial charge in [0.05, 0.1) is 14.9 Å². The first-order valence-electron chi connectivity index (χ1n) is 8.06. The fourth-order valence-electron chi connectivity index (χ4n) is 3.02. The standard InChI is InChI=1S/C18H20Cl2N2O2S/c1-13-3-4-14(2)18(11-13)21-7-9-22(10-8-21)25(23,24)15-5-6-16(19)17(20)12-15/h3-6,11-12H,7-10H2,1-2H3. The van der Waals surface area contributed by atoms with Crippen LogP contribution in [0, 0.1) is 13.8 Å². The molecule has 0 N–H and O–H groups in total. The first-order chi connectivity index (χ1) is 11.8. The topological polar surface area (TPSA) is 40.6 Å². The molecule has 0 amide bonds. The summed E-state index contributed by atoms with van der Waals surface area (Å²) in [6.45, 7) is 6.34. The summed E-state index contributed by atoms with van der Waals surface area (Å²) >= 11 is 11.9. The van der Waals surface area contributed by atoms with E-state index in [-0.39, 0.29) is 9.92 Å². The molecule has 25 heavy (non-hydrogen) atoms. The van der Waals surface area contributed by atoms with E-state index in [0.29, 0.717) is 31.2 Å². The second-order valence-corrected chi connectivity index (χ2v) is 9.01. The number of halogens is 2. The van der Waals surface area contributed by atoms with Gasteiger partial charge in [0.25, 0.3) is 0 Å². The van der Waals surface area contributed by atoms with E-state index >= 15 is 0 Å². The van der Waals surface area contributed by atoms with Crippen molar-refractivity contribution in [3.63, 3.8) is 0 Å². The molecule has 3 rings (SSSR count). The molecule has 0 spiro atoms. The molecule has 4 nitrogen and oxygen atoms in total. The molecule has 1 aliphatic heterocycles. The Morgan fingerprint density at radius 3 is 2.20 bits per heavy atom. The van der Waals surface area contributed by atoms with Crippen molar-refractivity contribution in [1.82, 2.24) is 4.31 Å². The number of nitrogens with zero attached hydrogens (tertiary/aromatic N) is 2. The Morgan fingerprint density at radius 1 is 0.880 bits per heavy atom. The zero-order chi connectivity index (χ0) is 18.2. The molecule has 134 valence electrons. The van der Waals surface area contributed by atoms with Crippen LogP contribution in [-0.4, -0.2) is 38.9 Å². The summed E-state index contributed by atoms with van der Waals surface area (Å²) in [5.74, 6) is 0. The maximum Gasteiger partial charge on any atom is 0.243 e. The van der Waals surface area contributed by atoms with Crippen molar-refractivity contribution in [3.8, 4) is 0 Å². The predicted molar refractivity (Wildman–Crippen MR) is 103 cm³/mol. The van der Waals surface area contributed by atoms with E-state index in [2.05, 4.69) is 36.9 Å². The summed E-state index contributed by atoms with van der Waals surface area (Å²) in [5.41, 5.74) is 3.57. The van der Waals surface area contributed by atoms with Crippen molar-refractivity contribution < 1.29 is 8.42 Å². The third-order valence-electron chi connectivity index (χ3n) is 4.47. The molecule has 1 heterocycles. The van der Waals surface area contributed by atoms with Crippen LogP contribution in [0.2, 0.25) is 10.0 Å². The summed E-state index contributed by atoms with van der Waals surface area (Å²) in [6, 6.07) is 10.8. The molecule has 0 unspecified atom stereocenters. The highest BCUT2D eigenvalue weighted by atomic mass is 35.5. The molecule has 0 radical (unpaired) electrons. The van der Waals surface area contributed by atoms with Crippen LogP contribution >= 0.6 is 23.2 Å². The van der Waals surface area contributed by atoms with E-state index in [1.54, 1.807) is 0 Å². The minimum atomic E-state index is -3.56. The highest BCUT2D eigenvalue weighted by Gasteiger charge is 2.29. The van der Waals surface area contributed by atoms with Gasteiger partial charge in [0.15, 0.2) is 0 Å². The lowest BCUT2D eigenvalue weighted by Gasteiger charge is -2.36. The summed E-state index contributed by atoms with van der Waals surface area (Å²) in [4.78, 5) is 2.42. The van der Waals surface area contributed by atoms with Gasteiger partial charge in [-0.1, -0.05) is 35.3 Å². The van der Waals surface area contributed by atoms with Gasteiger partial charge in [-0.15, -0.1) is 0 Å². The Balaban J connectivity index is 1.77. The lowest BCUT2D eigenvalue weighted by atomic mass is 10.1. The first-order valence-corrected chi connectivity index (χ1v) is 10.3. The molecule has 7 heteroatoms. The normalized spacial score (nSPS) is 16.2. The number of hydrogen-bond acceptors (Lipinski definition) is 3. The zero-order valence-electron chi connectivity index (χ0n) is 14.2. The van der Waals surface area contributed by atoms with Crippen LogP contribution in [0.1, 0.15) is 11.1 Å². The van der Waals surface area contributed by atoms with Gasteiger partial charge < -0.3 is 4.90 Å². The number of piperazine rings is 1. The van der Waals surface area contributed by atoms with E-state index in [4.69, 9.17) is 23.2 Å². The molecule has 2 aromatic rings. The Bertz CT molecular complexity index is 892. The summed E-state index contributed by atoms with van der Waals surface area (Å²) in [6.07, 6.45) is 0.